The second kappa shape index (κ2) is 16.5. The van der Waals surface area contributed by atoms with Gasteiger partial charge in [-0.3, -0.25) is 9.78 Å². The molecule has 53 heavy (non-hydrogen) atoms. The van der Waals surface area contributed by atoms with Crippen LogP contribution in [-0.2, 0) is 14.0 Å². The number of benzene rings is 4. The maximum atomic E-state index is 15.0. The number of aromatic nitrogens is 1. The summed E-state index contributed by atoms with van der Waals surface area (Å²) in [7, 11) is 0.0589. The first kappa shape index (κ1) is 38.7. The van der Waals surface area contributed by atoms with E-state index in [2.05, 4.69) is 104 Å². The summed E-state index contributed by atoms with van der Waals surface area (Å²) in [6.45, 7) is 8.90. The summed E-state index contributed by atoms with van der Waals surface area (Å²) in [5, 5.41) is 2.07. The van der Waals surface area contributed by atoms with Crippen LogP contribution in [0.2, 0.25) is 5.04 Å². The quantitative estimate of drug-likeness (QED) is 0.0631. The average molecular weight is 844 g/mol. The molecule has 1 aromatic heterocycles. The monoisotopic (exact) mass is 843 g/mol. The molecule has 1 aliphatic carbocycles. The molecule has 0 bridgehead atoms. The van der Waals surface area contributed by atoms with Crippen molar-refractivity contribution in [1.82, 2.24) is 4.98 Å². The van der Waals surface area contributed by atoms with Crippen LogP contribution in [0.4, 0.5) is 4.39 Å². The molecule has 1 fully saturated rings. The molecule has 1 aliphatic rings. The normalized spacial score (nSPS) is 14.9. The third-order valence-corrected chi connectivity index (χ3v) is 16.2. The molecule has 0 saturated heterocycles. The highest BCUT2D eigenvalue weighted by Gasteiger charge is 2.50. The highest BCUT2D eigenvalue weighted by molar-refractivity contribution is 14.1. The summed E-state index contributed by atoms with van der Waals surface area (Å²) in [6, 6.07) is 35.7. The predicted octanol–water partition coefficient (Wildman–Crippen LogP) is 9.50. The Hall–Kier alpha value is -4.06. The summed E-state index contributed by atoms with van der Waals surface area (Å²) >= 11 is 2.30. The van der Waals surface area contributed by atoms with Gasteiger partial charge in [0.05, 0.1) is 36.0 Å². The Kier molecular flexibility index (Phi) is 12.1. The van der Waals surface area contributed by atoms with Crippen LogP contribution < -0.4 is 19.8 Å². The first-order chi connectivity index (χ1) is 25.5. The number of methoxy groups -OCH3 is 2. The molecule has 4 aromatic carbocycles. The van der Waals surface area contributed by atoms with E-state index in [1.54, 1.807) is 25.4 Å². The number of hydrogen-bond acceptors (Lipinski definition) is 6. The van der Waals surface area contributed by atoms with Crippen molar-refractivity contribution in [3.63, 3.8) is 0 Å². The molecule has 0 spiro atoms. The zero-order valence-corrected chi connectivity index (χ0v) is 34.3. The van der Waals surface area contributed by atoms with Crippen molar-refractivity contribution >= 4 is 47.3 Å². The van der Waals surface area contributed by atoms with Gasteiger partial charge in [-0.25, -0.2) is 4.39 Å². The Morgan fingerprint density at radius 2 is 1.57 bits per heavy atom. The number of rotatable bonds is 14. The first-order valence-electron chi connectivity index (χ1n) is 18.1. The summed E-state index contributed by atoms with van der Waals surface area (Å²) in [6.07, 6.45) is 3.21. The van der Waals surface area contributed by atoms with Crippen LogP contribution in [0.25, 0.3) is 11.1 Å². The lowest BCUT2D eigenvalue weighted by molar-refractivity contribution is -0.145. The Morgan fingerprint density at radius 1 is 0.906 bits per heavy atom. The van der Waals surface area contributed by atoms with Crippen LogP contribution in [0.15, 0.2) is 115 Å². The number of carbonyl (C=O) groups is 1. The number of carbonyl (C=O) groups excluding carboxylic acids is 1. The molecule has 6 nitrogen and oxygen atoms in total. The van der Waals surface area contributed by atoms with Gasteiger partial charge in [0.15, 0.2) is 6.10 Å². The smallest absolute Gasteiger partial charge is 0.309 e. The van der Waals surface area contributed by atoms with E-state index in [4.69, 9.17) is 23.6 Å². The molecular formula is C44H47FINO5Si. The van der Waals surface area contributed by atoms with Crippen LogP contribution in [0.1, 0.15) is 63.8 Å². The maximum Gasteiger partial charge on any atom is 0.309 e. The van der Waals surface area contributed by atoms with Crippen LogP contribution >= 0.6 is 22.6 Å². The number of nitrogens with zero attached hydrogens (tertiary/aromatic N) is 1. The summed E-state index contributed by atoms with van der Waals surface area (Å²) in [5.74, 6) is 0.817. The van der Waals surface area contributed by atoms with E-state index in [9.17, 15) is 4.79 Å². The van der Waals surface area contributed by atoms with Crippen molar-refractivity contribution in [2.75, 3.05) is 20.8 Å². The molecule has 276 valence electrons. The first-order valence-corrected chi connectivity index (χ1v) is 21.0. The summed E-state index contributed by atoms with van der Waals surface area (Å²) < 4.78 is 40.9. The van der Waals surface area contributed by atoms with Gasteiger partial charge in [0, 0.05) is 17.3 Å². The average Bonchev–Trinajstić information content (AvgIpc) is 4.01. The van der Waals surface area contributed by atoms with Gasteiger partial charge in [0.1, 0.15) is 17.3 Å². The molecule has 0 N–H and O–H groups in total. The Bertz CT molecular complexity index is 1960. The Balaban J connectivity index is 1.43. The molecule has 5 aromatic rings. The third kappa shape index (κ3) is 8.37. The maximum absolute atomic E-state index is 15.0. The van der Waals surface area contributed by atoms with Crippen molar-refractivity contribution in [3.8, 4) is 22.6 Å². The van der Waals surface area contributed by atoms with Gasteiger partial charge in [0.25, 0.3) is 8.32 Å². The Labute approximate surface area is 327 Å². The molecule has 1 heterocycles. The van der Waals surface area contributed by atoms with Crippen molar-refractivity contribution in [2.24, 2.45) is 11.8 Å². The van der Waals surface area contributed by atoms with Crippen LogP contribution in [0.5, 0.6) is 11.5 Å². The molecule has 1 saturated carbocycles. The number of hydrogen-bond donors (Lipinski definition) is 0. The Morgan fingerprint density at radius 3 is 2.11 bits per heavy atom. The molecule has 1 unspecified atom stereocenters. The zero-order valence-electron chi connectivity index (χ0n) is 31.1. The summed E-state index contributed by atoms with van der Waals surface area (Å²) in [4.78, 5) is 17.6. The second-order valence-electron chi connectivity index (χ2n) is 14.8. The van der Waals surface area contributed by atoms with Gasteiger partial charge in [-0.05, 0) is 105 Å². The van der Waals surface area contributed by atoms with Gasteiger partial charge in [0.2, 0.25) is 0 Å². The fourth-order valence-corrected chi connectivity index (χ4v) is 12.5. The van der Waals surface area contributed by atoms with E-state index >= 15 is 4.39 Å². The van der Waals surface area contributed by atoms with Crippen molar-refractivity contribution in [3.05, 3.63) is 136 Å². The lowest BCUT2D eigenvalue weighted by Crippen LogP contribution is -2.66. The molecule has 3 atom stereocenters. The van der Waals surface area contributed by atoms with Gasteiger partial charge in [-0.15, -0.1) is 0 Å². The topological polar surface area (TPSA) is 66.9 Å². The predicted molar refractivity (Wildman–Crippen MR) is 219 cm³/mol. The van der Waals surface area contributed by atoms with E-state index in [-0.39, 0.29) is 35.3 Å². The minimum absolute atomic E-state index is 0.0174. The molecule has 0 amide bonds. The van der Waals surface area contributed by atoms with Gasteiger partial charge < -0.3 is 18.6 Å². The highest BCUT2D eigenvalue weighted by Crippen LogP contribution is 2.48. The lowest BCUT2D eigenvalue weighted by atomic mass is 9.83. The van der Waals surface area contributed by atoms with E-state index < -0.39 is 14.4 Å². The van der Waals surface area contributed by atoms with Gasteiger partial charge >= 0.3 is 5.97 Å². The third-order valence-electron chi connectivity index (χ3n) is 10.3. The van der Waals surface area contributed by atoms with Crippen molar-refractivity contribution in [1.29, 1.82) is 0 Å². The molecule has 0 radical (unpaired) electrons. The largest absolute Gasteiger partial charge is 0.497 e. The number of esters is 1. The standard InChI is InChI=1S/C44H47FINO5Si/c1-29(43(48)50-6)42(30-17-18-30)31-19-23-38(46)40(25-31)52-41(39-24-20-32(27-47-39)36-26-33(49-5)21-22-37(36)45)28-51-53(44(2,3)4,34-13-9-7-10-14-34)35-15-11-8-12-16-35/h7-16,19-27,29-30,41-42H,17-18,28H2,1-6H3/t29-,41?,42-/m0/s1. The second-order valence-corrected chi connectivity index (χ2v) is 20.2. The highest BCUT2D eigenvalue weighted by atomic mass is 127. The molecule has 6 rings (SSSR count). The van der Waals surface area contributed by atoms with E-state index in [1.165, 1.54) is 13.2 Å². The van der Waals surface area contributed by atoms with Crippen LogP contribution in [0.3, 0.4) is 0 Å². The lowest BCUT2D eigenvalue weighted by Gasteiger charge is -2.43. The SMILES string of the molecule is COC(=O)[C@@H](C)[C@H](c1ccc(I)c(OC(CO[Si](c2ccccc2)(c2ccccc2)C(C)(C)C)c2ccc(-c3cc(OC)ccc3F)cn2)c1)C1CC1. The zero-order chi connectivity index (χ0) is 37.8. The molecule has 0 aliphatic heterocycles. The van der Waals surface area contributed by atoms with E-state index in [0.717, 1.165) is 32.3 Å². The van der Waals surface area contributed by atoms with E-state index in [0.29, 0.717) is 34.2 Å². The number of halogens is 2. The fourth-order valence-electron chi connectivity index (χ4n) is 7.48. The van der Waals surface area contributed by atoms with Gasteiger partial charge in [-0.2, -0.15) is 0 Å². The molecule has 9 heteroatoms. The minimum Gasteiger partial charge on any atom is -0.497 e. The summed E-state index contributed by atoms with van der Waals surface area (Å²) in [5.41, 5.74) is 2.72. The minimum atomic E-state index is -2.95. The van der Waals surface area contributed by atoms with Gasteiger partial charge in [-0.1, -0.05) is 100 Å². The fraction of sp³-hybridized carbons (Fsp3) is 0.318. The number of pyridine rings is 1. The van der Waals surface area contributed by atoms with E-state index in [1.807, 2.05) is 37.3 Å². The van der Waals surface area contributed by atoms with Crippen molar-refractivity contribution < 1.29 is 27.8 Å². The molecular weight excluding hydrogens is 796 g/mol. The van der Waals surface area contributed by atoms with Crippen LogP contribution in [-0.4, -0.2) is 40.1 Å². The van der Waals surface area contributed by atoms with Crippen LogP contribution in [0, 0.1) is 21.2 Å². The number of ether oxygens (including phenoxy) is 3. The van der Waals surface area contributed by atoms with Crippen molar-refractivity contribution in [2.45, 2.75) is 57.6 Å².